The monoisotopic (exact) mass is 554 g/mol. The van der Waals surface area contributed by atoms with Gasteiger partial charge in [0.25, 0.3) is 0 Å². The summed E-state index contributed by atoms with van der Waals surface area (Å²) in [5, 5.41) is 10.0. The Labute approximate surface area is 233 Å². The molecular weight excluding hydrogens is 523 g/mol. The summed E-state index contributed by atoms with van der Waals surface area (Å²) < 4.78 is 13.8. The van der Waals surface area contributed by atoms with Crippen molar-refractivity contribution in [2.45, 2.75) is 76.7 Å². The minimum absolute atomic E-state index is 0.175. The Kier molecular flexibility index (Phi) is 6.65. The van der Waals surface area contributed by atoms with E-state index in [4.69, 9.17) is 32.7 Å². The topological polar surface area (TPSA) is 69.5 Å². The van der Waals surface area contributed by atoms with Crippen LogP contribution in [0.3, 0.4) is 0 Å². The van der Waals surface area contributed by atoms with Crippen LogP contribution in [0.1, 0.15) is 74.1 Å². The minimum Gasteiger partial charge on any atom is -0.456 e. The van der Waals surface area contributed by atoms with E-state index < -0.39 is 5.60 Å². The molecule has 7 nitrogen and oxygen atoms in total. The van der Waals surface area contributed by atoms with Crippen LogP contribution < -0.4 is 4.90 Å². The number of benzene rings is 2. The number of hydrogen-bond donors (Lipinski definition) is 0. The van der Waals surface area contributed by atoms with Crippen molar-refractivity contribution in [3.63, 3.8) is 0 Å². The largest absolute Gasteiger partial charge is 0.456 e. The molecule has 200 valence electrons. The van der Waals surface area contributed by atoms with Gasteiger partial charge in [-0.15, -0.1) is 5.10 Å². The van der Waals surface area contributed by atoms with E-state index in [1.54, 1.807) is 4.68 Å². The van der Waals surface area contributed by atoms with Crippen LogP contribution in [0.25, 0.3) is 5.69 Å². The zero-order valence-corrected chi connectivity index (χ0v) is 23.4. The molecule has 2 aromatic carbocycles. The van der Waals surface area contributed by atoms with Gasteiger partial charge in [0.15, 0.2) is 0 Å². The SMILES string of the molecule is CC(C)(C)OC(=O)c1ccc(N2C[C@@H]3C[C@H]2C[C@H]3OCc2c(C3CC3)nnn2-c2c(Cl)cccc2Cl)cc1. The maximum atomic E-state index is 12.4. The molecule has 38 heavy (non-hydrogen) atoms. The molecule has 2 saturated carbocycles. The number of aromatic nitrogens is 3. The van der Waals surface area contributed by atoms with E-state index in [0.717, 1.165) is 49.3 Å². The second-order valence-electron chi connectivity index (χ2n) is 11.6. The van der Waals surface area contributed by atoms with Gasteiger partial charge < -0.3 is 14.4 Å². The molecule has 3 atom stereocenters. The van der Waals surface area contributed by atoms with Crippen LogP contribution >= 0.6 is 23.2 Å². The van der Waals surface area contributed by atoms with E-state index in [0.29, 0.717) is 45.8 Å². The van der Waals surface area contributed by atoms with Crippen molar-refractivity contribution < 1.29 is 14.3 Å². The van der Waals surface area contributed by atoms with Crippen molar-refractivity contribution in [3.8, 4) is 5.69 Å². The van der Waals surface area contributed by atoms with Crippen LogP contribution in [0.15, 0.2) is 42.5 Å². The summed E-state index contributed by atoms with van der Waals surface area (Å²) in [6.07, 6.45) is 4.48. The lowest BCUT2D eigenvalue weighted by Crippen LogP contribution is -2.38. The number of hydrogen-bond acceptors (Lipinski definition) is 6. The molecule has 3 aliphatic rings. The number of ether oxygens (including phenoxy) is 2. The summed E-state index contributed by atoms with van der Waals surface area (Å²) in [6.45, 7) is 6.99. The lowest BCUT2D eigenvalue weighted by Gasteiger charge is -2.33. The molecule has 6 rings (SSSR count). The molecular formula is C29H32Cl2N4O3. The zero-order valence-electron chi connectivity index (χ0n) is 21.9. The van der Waals surface area contributed by atoms with Gasteiger partial charge in [0, 0.05) is 30.1 Å². The van der Waals surface area contributed by atoms with Crippen LogP contribution in [0.5, 0.6) is 0 Å². The van der Waals surface area contributed by atoms with E-state index in [1.165, 1.54) is 0 Å². The third-order valence-electron chi connectivity index (χ3n) is 7.65. The molecule has 0 spiro atoms. The summed E-state index contributed by atoms with van der Waals surface area (Å²) in [6, 6.07) is 13.6. The number of carbonyl (C=O) groups is 1. The molecule has 2 aliphatic carbocycles. The molecule has 1 saturated heterocycles. The Morgan fingerprint density at radius 1 is 1.05 bits per heavy atom. The number of anilines is 1. The van der Waals surface area contributed by atoms with Crippen LogP contribution in [0.2, 0.25) is 10.0 Å². The van der Waals surface area contributed by atoms with E-state index in [1.807, 2.05) is 63.2 Å². The van der Waals surface area contributed by atoms with Crippen molar-refractivity contribution in [2.24, 2.45) is 5.92 Å². The molecule has 1 aromatic heterocycles. The molecule has 0 radical (unpaired) electrons. The van der Waals surface area contributed by atoms with Crippen molar-refractivity contribution in [1.82, 2.24) is 15.0 Å². The van der Waals surface area contributed by atoms with Crippen LogP contribution in [-0.2, 0) is 16.1 Å². The van der Waals surface area contributed by atoms with Gasteiger partial charge >= 0.3 is 5.97 Å². The maximum absolute atomic E-state index is 12.4. The number of nitrogens with zero attached hydrogens (tertiary/aromatic N) is 4. The fraction of sp³-hybridized carbons (Fsp3) is 0.483. The van der Waals surface area contributed by atoms with Crippen molar-refractivity contribution in [1.29, 1.82) is 0 Å². The summed E-state index contributed by atoms with van der Waals surface area (Å²) in [5.74, 6) is 0.587. The summed E-state index contributed by atoms with van der Waals surface area (Å²) in [7, 11) is 0. The van der Waals surface area contributed by atoms with Crippen molar-refractivity contribution in [2.75, 3.05) is 11.4 Å². The van der Waals surface area contributed by atoms with Gasteiger partial charge in [0.05, 0.1) is 39.7 Å². The molecule has 3 aromatic rings. The van der Waals surface area contributed by atoms with Gasteiger partial charge in [-0.2, -0.15) is 0 Å². The number of fused-ring (bicyclic) bond motifs is 2. The lowest BCUT2D eigenvalue weighted by molar-refractivity contribution is 0.00695. The average Bonchev–Trinajstić information content (AvgIpc) is 3.32. The summed E-state index contributed by atoms with van der Waals surface area (Å²) in [5.41, 5.74) is 3.80. The summed E-state index contributed by atoms with van der Waals surface area (Å²) in [4.78, 5) is 14.8. The molecule has 2 heterocycles. The number of carbonyl (C=O) groups excluding carboxylic acids is 1. The van der Waals surface area contributed by atoms with Gasteiger partial charge in [-0.1, -0.05) is 34.5 Å². The maximum Gasteiger partial charge on any atom is 0.338 e. The number of para-hydroxylation sites is 1. The first-order chi connectivity index (χ1) is 18.2. The Morgan fingerprint density at radius 3 is 2.37 bits per heavy atom. The highest BCUT2D eigenvalue weighted by Gasteiger charge is 2.45. The average molecular weight is 556 g/mol. The number of halogens is 2. The molecule has 2 bridgehead atoms. The highest BCUT2D eigenvalue weighted by molar-refractivity contribution is 6.37. The highest BCUT2D eigenvalue weighted by Crippen LogP contribution is 2.44. The number of rotatable bonds is 7. The van der Waals surface area contributed by atoms with Crippen molar-refractivity contribution >= 4 is 34.9 Å². The zero-order chi connectivity index (χ0) is 26.6. The molecule has 1 aliphatic heterocycles. The van der Waals surface area contributed by atoms with E-state index in [2.05, 4.69) is 15.2 Å². The smallest absolute Gasteiger partial charge is 0.338 e. The number of piperidine rings is 1. The van der Waals surface area contributed by atoms with Gasteiger partial charge in [0.1, 0.15) is 11.3 Å². The molecule has 9 heteroatoms. The first-order valence-corrected chi connectivity index (χ1v) is 14.0. The molecule has 0 unspecified atom stereocenters. The Balaban J connectivity index is 1.12. The minimum atomic E-state index is -0.508. The van der Waals surface area contributed by atoms with E-state index in [-0.39, 0.29) is 12.1 Å². The standard InChI is InChI=1S/C29H32Cl2N4O3/c1-29(2,3)38-28(36)18-9-11-20(12-10-18)34-15-19-13-21(34)14-25(19)37-16-24-26(17-7-8-17)32-33-35(24)27-22(30)5-4-6-23(27)31/h4-6,9-12,17,19,21,25H,7-8,13-16H2,1-3H3/t19-,21-,25+/m0/s1. The van der Waals surface area contributed by atoms with Crippen LogP contribution in [0.4, 0.5) is 5.69 Å². The lowest BCUT2D eigenvalue weighted by atomic mass is 10.0. The molecule has 3 fully saturated rings. The summed E-state index contributed by atoms with van der Waals surface area (Å²) >= 11 is 13.0. The predicted octanol–water partition coefficient (Wildman–Crippen LogP) is 6.59. The van der Waals surface area contributed by atoms with Gasteiger partial charge in [-0.3, -0.25) is 0 Å². The first kappa shape index (κ1) is 25.7. The third-order valence-corrected chi connectivity index (χ3v) is 8.26. The Bertz CT molecular complexity index is 1330. The fourth-order valence-corrected chi connectivity index (χ4v) is 6.29. The predicted molar refractivity (Wildman–Crippen MR) is 147 cm³/mol. The second-order valence-corrected chi connectivity index (χ2v) is 12.4. The van der Waals surface area contributed by atoms with Crippen LogP contribution in [-0.4, -0.2) is 45.3 Å². The van der Waals surface area contributed by atoms with E-state index in [9.17, 15) is 4.79 Å². The van der Waals surface area contributed by atoms with Gasteiger partial charge in [-0.25, -0.2) is 9.48 Å². The second kappa shape index (κ2) is 9.85. The Morgan fingerprint density at radius 2 is 1.76 bits per heavy atom. The normalized spacial score (nSPS) is 22.8. The number of esters is 1. The first-order valence-electron chi connectivity index (χ1n) is 13.3. The Hall–Kier alpha value is -2.61. The molecule has 0 N–H and O–H groups in total. The van der Waals surface area contributed by atoms with Gasteiger partial charge in [0.2, 0.25) is 0 Å². The quantitative estimate of drug-likeness (QED) is 0.307. The van der Waals surface area contributed by atoms with Crippen molar-refractivity contribution in [3.05, 3.63) is 69.5 Å². The third kappa shape index (κ3) is 5.04. The highest BCUT2D eigenvalue weighted by atomic mass is 35.5. The van der Waals surface area contributed by atoms with E-state index >= 15 is 0 Å². The molecule has 0 amide bonds. The van der Waals surface area contributed by atoms with Gasteiger partial charge in [-0.05, 0) is 82.9 Å². The fourth-order valence-electron chi connectivity index (χ4n) is 5.73. The van der Waals surface area contributed by atoms with Crippen LogP contribution in [0, 0.1) is 5.92 Å².